The molecule has 0 unspecified atom stereocenters. The predicted molar refractivity (Wildman–Crippen MR) is 106 cm³/mol. The number of anilines is 1. The lowest BCUT2D eigenvalue weighted by atomic mass is 10.1. The van der Waals surface area contributed by atoms with Crippen LogP contribution in [0.5, 0.6) is 0 Å². The van der Waals surface area contributed by atoms with Gasteiger partial charge in [-0.15, -0.1) is 0 Å². The summed E-state index contributed by atoms with van der Waals surface area (Å²) in [6.45, 7) is 2.59. The molecule has 0 N–H and O–H groups in total. The van der Waals surface area contributed by atoms with Gasteiger partial charge >= 0.3 is 0 Å². The minimum Gasteiger partial charge on any atom is -0.306 e. The maximum Gasteiger partial charge on any atom is 0.233 e. The van der Waals surface area contributed by atoms with Gasteiger partial charge in [-0.25, -0.2) is 0 Å². The lowest BCUT2D eigenvalue weighted by molar-refractivity contribution is -0.117. The van der Waals surface area contributed by atoms with Crippen molar-refractivity contribution < 1.29 is 4.79 Å². The quantitative estimate of drug-likeness (QED) is 0.656. The van der Waals surface area contributed by atoms with Crippen molar-refractivity contribution in [2.45, 2.75) is 19.9 Å². The number of carbonyl (C=O) groups is 1. The van der Waals surface area contributed by atoms with Crippen LogP contribution in [0.3, 0.4) is 0 Å². The van der Waals surface area contributed by atoms with E-state index in [9.17, 15) is 4.79 Å². The highest BCUT2D eigenvalue weighted by molar-refractivity contribution is 6.17. The average Bonchev–Trinajstić information content (AvgIpc) is 2.80. The number of nitrogens with zero attached hydrogens (tertiary/aromatic N) is 2. The smallest absolute Gasteiger partial charge is 0.233 e. The van der Waals surface area contributed by atoms with E-state index in [-0.39, 0.29) is 5.91 Å². The maximum absolute atomic E-state index is 13.1. The Labute approximate surface area is 153 Å². The van der Waals surface area contributed by atoms with Gasteiger partial charge in [0.05, 0.1) is 30.1 Å². The van der Waals surface area contributed by atoms with Crippen LogP contribution in [0.2, 0.25) is 0 Å². The second-order valence-corrected chi connectivity index (χ2v) is 6.56. The number of rotatable bonds is 3. The molecule has 0 bridgehead atoms. The van der Waals surface area contributed by atoms with Gasteiger partial charge in [0.25, 0.3) is 0 Å². The predicted octanol–water partition coefficient (Wildman–Crippen LogP) is 5.05. The summed E-state index contributed by atoms with van der Waals surface area (Å²) in [5, 5.41) is 0. The minimum atomic E-state index is 0.0702. The van der Waals surface area contributed by atoms with Crippen LogP contribution < -0.4 is 4.90 Å². The highest BCUT2D eigenvalue weighted by atomic mass is 16.2. The standard InChI is InChI=1S/C23H20N2O/c1-17-12-13-20-22(14-17)25(16-18-8-4-2-5-9-18)23(26)15-21(24-20)19-10-6-3-7-11-19/h2-14H,15-16H2,1H3. The number of benzene rings is 3. The molecular formula is C23H20N2O. The van der Waals surface area contributed by atoms with E-state index in [2.05, 4.69) is 0 Å². The number of aryl methyl sites for hydroxylation is 1. The fourth-order valence-electron chi connectivity index (χ4n) is 3.24. The number of aliphatic imine (C=N–C) groups is 1. The minimum absolute atomic E-state index is 0.0702. The van der Waals surface area contributed by atoms with E-state index in [4.69, 9.17) is 4.99 Å². The molecule has 0 saturated carbocycles. The van der Waals surface area contributed by atoms with Crippen molar-refractivity contribution in [1.29, 1.82) is 0 Å². The summed E-state index contributed by atoms with van der Waals surface area (Å²) in [5.74, 6) is 0.0702. The third-order valence-corrected chi connectivity index (χ3v) is 4.59. The Morgan fingerprint density at radius 3 is 2.35 bits per heavy atom. The molecular weight excluding hydrogens is 320 g/mol. The Kier molecular flexibility index (Phi) is 4.36. The first-order chi connectivity index (χ1) is 12.7. The second-order valence-electron chi connectivity index (χ2n) is 6.56. The largest absolute Gasteiger partial charge is 0.306 e. The van der Waals surface area contributed by atoms with Crippen LogP contribution in [-0.4, -0.2) is 11.6 Å². The molecule has 1 heterocycles. The van der Waals surface area contributed by atoms with Crippen molar-refractivity contribution in [1.82, 2.24) is 0 Å². The van der Waals surface area contributed by atoms with Crippen molar-refractivity contribution in [3.8, 4) is 0 Å². The summed E-state index contributed by atoms with van der Waals surface area (Å²) in [7, 11) is 0. The van der Waals surface area contributed by atoms with Crippen molar-refractivity contribution in [3.05, 3.63) is 95.6 Å². The number of fused-ring (bicyclic) bond motifs is 1. The van der Waals surface area contributed by atoms with Gasteiger partial charge in [0, 0.05) is 0 Å². The van der Waals surface area contributed by atoms with Crippen molar-refractivity contribution >= 4 is 23.0 Å². The molecule has 3 nitrogen and oxygen atoms in total. The molecule has 0 saturated heterocycles. The van der Waals surface area contributed by atoms with E-state index in [1.807, 2.05) is 90.7 Å². The molecule has 3 heteroatoms. The van der Waals surface area contributed by atoms with E-state index in [0.717, 1.165) is 33.8 Å². The van der Waals surface area contributed by atoms with Crippen LogP contribution in [0.1, 0.15) is 23.1 Å². The molecule has 128 valence electrons. The topological polar surface area (TPSA) is 32.7 Å². The molecule has 0 radical (unpaired) electrons. The summed E-state index contributed by atoms with van der Waals surface area (Å²) in [6.07, 6.45) is 0.296. The first-order valence-corrected chi connectivity index (χ1v) is 8.78. The lowest BCUT2D eigenvalue weighted by Crippen LogP contribution is -2.31. The SMILES string of the molecule is Cc1ccc2c(c1)N(Cc1ccccc1)C(=O)CC(c1ccccc1)=N2. The fourth-order valence-corrected chi connectivity index (χ4v) is 3.24. The number of hydrogen-bond acceptors (Lipinski definition) is 2. The zero-order chi connectivity index (χ0) is 17.9. The van der Waals surface area contributed by atoms with Crippen molar-refractivity contribution in [2.75, 3.05) is 4.90 Å². The number of hydrogen-bond donors (Lipinski definition) is 0. The van der Waals surface area contributed by atoms with E-state index >= 15 is 0 Å². The van der Waals surface area contributed by atoms with Gasteiger partial charge in [-0.3, -0.25) is 9.79 Å². The lowest BCUT2D eigenvalue weighted by Gasteiger charge is -2.23. The van der Waals surface area contributed by atoms with Gasteiger partial charge in [0.1, 0.15) is 0 Å². The van der Waals surface area contributed by atoms with E-state index in [1.54, 1.807) is 0 Å². The Morgan fingerprint density at radius 2 is 1.62 bits per heavy atom. The van der Waals surface area contributed by atoms with Crippen LogP contribution in [0.15, 0.2) is 83.9 Å². The average molecular weight is 340 g/mol. The van der Waals surface area contributed by atoms with E-state index < -0.39 is 0 Å². The molecule has 1 aliphatic rings. The first-order valence-electron chi connectivity index (χ1n) is 8.78. The summed E-state index contributed by atoms with van der Waals surface area (Å²) in [6, 6.07) is 26.1. The summed E-state index contributed by atoms with van der Waals surface area (Å²) >= 11 is 0. The monoisotopic (exact) mass is 340 g/mol. The van der Waals surface area contributed by atoms with E-state index in [1.165, 1.54) is 0 Å². The Bertz CT molecular complexity index is 962. The van der Waals surface area contributed by atoms with Crippen molar-refractivity contribution in [3.63, 3.8) is 0 Å². The molecule has 0 aliphatic carbocycles. The van der Waals surface area contributed by atoms with Gasteiger partial charge < -0.3 is 4.90 Å². The molecule has 3 aromatic carbocycles. The van der Waals surface area contributed by atoms with Crippen LogP contribution in [-0.2, 0) is 11.3 Å². The third-order valence-electron chi connectivity index (χ3n) is 4.59. The zero-order valence-corrected chi connectivity index (χ0v) is 14.7. The Hall–Kier alpha value is -3.20. The Balaban J connectivity index is 1.79. The Morgan fingerprint density at radius 1 is 0.923 bits per heavy atom. The molecule has 3 aromatic rings. The molecule has 0 aromatic heterocycles. The molecule has 0 fully saturated rings. The fraction of sp³-hybridized carbons (Fsp3) is 0.130. The number of amides is 1. The van der Waals surface area contributed by atoms with Crippen LogP contribution >= 0.6 is 0 Å². The molecule has 4 rings (SSSR count). The van der Waals surface area contributed by atoms with Gasteiger partial charge in [-0.2, -0.15) is 0 Å². The van der Waals surface area contributed by atoms with E-state index in [0.29, 0.717) is 13.0 Å². The molecule has 26 heavy (non-hydrogen) atoms. The van der Waals surface area contributed by atoms with Gasteiger partial charge in [-0.05, 0) is 35.7 Å². The zero-order valence-electron chi connectivity index (χ0n) is 14.7. The normalized spacial score (nSPS) is 13.8. The highest BCUT2D eigenvalue weighted by Crippen LogP contribution is 2.35. The van der Waals surface area contributed by atoms with Crippen molar-refractivity contribution in [2.24, 2.45) is 4.99 Å². The van der Waals surface area contributed by atoms with Gasteiger partial charge in [0.15, 0.2) is 0 Å². The number of carbonyl (C=O) groups excluding carboxylic acids is 1. The maximum atomic E-state index is 13.1. The van der Waals surface area contributed by atoms with Gasteiger partial charge in [-0.1, -0.05) is 66.7 Å². The van der Waals surface area contributed by atoms with Gasteiger partial charge in [0.2, 0.25) is 5.91 Å². The molecule has 1 aliphatic heterocycles. The molecule has 0 spiro atoms. The third kappa shape index (κ3) is 3.29. The second kappa shape index (κ2) is 6.96. The van der Waals surface area contributed by atoms with Crippen LogP contribution in [0.25, 0.3) is 0 Å². The molecule has 1 amide bonds. The van der Waals surface area contributed by atoms with Crippen LogP contribution in [0, 0.1) is 6.92 Å². The summed E-state index contributed by atoms with van der Waals surface area (Å²) in [5.41, 5.74) is 5.76. The van der Waals surface area contributed by atoms with Crippen LogP contribution in [0.4, 0.5) is 11.4 Å². The first kappa shape index (κ1) is 16.3. The molecule has 0 atom stereocenters. The summed E-state index contributed by atoms with van der Waals surface area (Å²) < 4.78 is 0. The summed E-state index contributed by atoms with van der Waals surface area (Å²) in [4.78, 5) is 19.8. The highest BCUT2D eigenvalue weighted by Gasteiger charge is 2.25.